The van der Waals surface area contributed by atoms with Crippen molar-refractivity contribution in [2.24, 2.45) is 0 Å². The minimum absolute atomic E-state index is 0.0783. The van der Waals surface area contributed by atoms with Crippen LogP contribution in [0.1, 0.15) is 42.9 Å². The summed E-state index contributed by atoms with van der Waals surface area (Å²) in [5.74, 6) is -2.39. The molecule has 2 aromatic carbocycles. The number of ketones is 1. The van der Waals surface area contributed by atoms with Gasteiger partial charge in [-0.3, -0.25) is 14.4 Å². The quantitative estimate of drug-likeness (QED) is 0.308. The van der Waals surface area contributed by atoms with E-state index >= 15 is 0 Å². The Balaban J connectivity index is 1.93. The zero-order chi connectivity index (χ0) is 20.8. The predicted molar refractivity (Wildman–Crippen MR) is 108 cm³/mol. The third-order valence-electron chi connectivity index (χ3n) is 4.99. The van der Waals surface area contributed by atoms with Crippen LogP contribution in [-0.2, 0) is 14.4 Å². The molecule has 0 aromatic heterocycles. The molecule has 2 N–H and O–H groups in total. The molecule has 6 nitrogen and oxygen atoms in total. The zero-order valence-corrected chi connectivity index (χ0v) is 16.0. The number of nitrogens with zero attached hydrogens (tertiary/aromatic N) is 1. The van der Waals surface area contributed by atoms with Gasteiger partial charge in [0.25, 0.3) is 11.7 Å². The first kappa shape index (κ1) is 20.3. The number of carboxylic acids is 1. The lowest BCUT2D eigenvalue weighted by atomic mass is 9.95. The van der Waals surface area contributed by atoms with Crippen LogP contribution in [0.15, 0.2) is 66.2 Å². The van der Waals surface area contributed by atoms with Crippen LogP contribution in [0.4, 0.5) is 0 Å². The zero-order valence-electron chi connectivity index (χ0n) is 16.0. The van der Waals surface area contributed by atoms with Gasteiger partial charge in [0.05, 0.1) is 11.6 Å². The van der Waals surface area contributed by atoms with Crippen molar-refractivity contribution in [1.29, 1.82) is 0 Å². The van der Waals surface area contributed by atoms with Crippen molar-refractivity contribution in [2.75, 3.05) is 6.54 Å². The van der Waals surface area contributed by atoms with Gasteiger partial charge >= 0.3 is 5.97 Å². The van der Waals surface area contributed by atoms with Gasteiger partial charge < -0.3 is 15.1 Å². The fourth-order valence-electron chi connectivity index (χ4n) is 3.58. The number of hydrogen-bond acceptors (Lipinski definition) is 4. The van der Waals surface area contributed by atoms with E-state index in [2.05, 4.69) is 0 Å². The first-order valence-corrected chi connectivity index (χ1v) is 9.61. The molecule has 1 aliphatic heterocycles. The Labute approximate surface area is 169 Å². The largest absolute Gasteiger partial charge is 0.507 e. The molecule has 29 heavy (non-hydrogen) atoms. The number of aliphatic hydroxyl groups is 1. The van der Waals surface area contributed by atoms with Gasteiger partial charge in [0, 0.05) is 18.5 Å². The number of aliphatic hydroxyl groups excluding tert-OH is 1. The van der Waals surface area contributed by atoms with E-state index in [4.69, 9.17) is 5.11 Å². The van der Waals surface area contributed by atoms with Gasteiger partial charge in [-0.2, -0.15) is 0 Å². The fourth-order valence-corrected chi connectivity index (χ4v) is 3.58. The van der Waals surface area contributed by atoms with Gasteiger partial charge in [0.15, 0.2) is 0 Å². The second-order valence-corrected chi connectivity index (χ2v) is 6.97. The molecule has 0 saturated carbocycles. The molecule has 6 heteroatoms. The van der Waals surface area contributed by atoms with Crippen LogP contribution in [0, 0.1) is 0 Å². The molecule has 1 saturated heterocycles. The molecule has 3 rings (SSSR count). The number of Topliss-reactive ketones (excluding diaryl/α,β-unsaturated/α-hetero) is 1. The van der Waals surface area contributed by atoms with Crippen molar-refractivity contribution in [2.45, 2.75) is 31.7 Å². The van der Waals surface area contributed by atoms with E-state index in [0.717, 1.165) is 5.56 Å². The lowest BCUT2D eigenvalue weighted by Crippen LogP contribution is -2.30. The minimum Gasteiger partial charge on any atom is -0.507 e. The predicted octanol–water partition coefficient (Wildman–Crippen LogP) is 3.75. The molecule has 150 valence electrons. The van der Waals surface area contributed by atoms with Crippen molar-refractivity contribution in [1.82, 2.24) is 4.90 Å². The van der Waals surface area contributed by atoms with Crippen molar-refractivity contribution in [3.63, 3.8) is 0 Å². The number of carbonyl (C=O) groups excluding carboxylic acids is 2. The fraction of sp³-hybridized carbons (Fsp3) is 0.261. The molecule has 0 aliphatic carbocycles. The van der Waals surface area contributed by atoms with Crippen LogP contribution in [0.25, 0.3) is 5.76 Å². The Morgan fingerprint density at radius 1 is 0.862 bits per heavy atom. The molecule has 1 amide bonds. The van der Waals surface area contributed by atoms with E-state index in [1.165, 1.54) is 4.90 Å². The van der Waals surface area contributed by atoms with Crippen LogP contribution >= 0.6 is 0 Å². The molecular weight excluding hydrogens is 370 g/mol. The maximum absolute atomic E-state index is 12.8. The molecule has 1 aliphatic rings. The Kier molecular flexibility index (Phi) is 6.44. The van der Waals surface area contributed by atoms with E-state index in [-0.39, 0.29) is 17.8 Å². The third kappa shape index (κ3) is 4.54. The number of benzene rings is 2. The normalized spacial score (nSPS) is 18.2. The van der Waals surface area contributed by atoms with Crippen molar-refractivity contribution >= 4 is 23.4 Å². The van der Waals surface area contributed by atoms with Gasteiger partial charge in [-0.05, 0) is 18.4 Å². The first-order chi connectivity index (χ1) is 14.0. The summed E-state index contributed by atoms with van der Waals surface area (Å²) in [5.41, 5.74) is 1.31. The van der Waals surface area contributed by atoms with Crippen LogP contribution < -0.4 is 0 Å². The molecule has 0 radical (unpaired) electrons. The number of unbranched alkanes of at least 4 members (excludes halogenated alkanes) is 2. The number of carbonyl (C=O) groups is 3. The smallest absolute Gasteiger partial charge is 0.303 e. The van der Waals surface area contributed by atoms with Gasteiger partial charge in [0.1, 0.15) is 5.76 Å². The standard InChI is InChI=1S/C23H23NO5/c25-18(26)14-8-3-9-15-24-20(16-10-4-1-5-11-16)19(22(28)23(24)29)21(27)17-12-6-2-7-13-17/h1-2,4-7,10-13,20,27H,3,8-9,14-15H2,(H,25,26). The van der Waals surface area contributed by atoms with Gasteiger partial charge in [-0.25, -0.2) is 0 Å². The first-order valence-electron chi connectivity index (χ1n) is 9.61. The highest BCUT2D eigenvalue weighted by atomic mass is 16.4. The van der Waals surface area contributed by atoms with Crippen LogP contribution in [0.5, 0.6) is 0 Å². The molecule has 1 heterocycles. The topological polar surface area (TPSA) is 94.9 Å². The number of amides is 1. The number of rotatable bonds is 8. The lowest BCUT2D eigenvalue weighted by molar-refractivity contribution is -0.140. The number of hydrogen-bond donors (Lipinski definition) is 2. The van der Waals surface area contributed by atoms with Crippen LogP contribution in [0.3, 0.4) is 0 Å². The van der Waals surface area contributed by atoms with Crippen molar-refractivity contribution < 1.29 is 24.6 Å². The molecule has 1 atom stereocenters. The van der Waals surface area contributed by atoms with Gasteiger partial charge in [0.2, 0.25) is 0 Å². The van der Waals surface area contributed by atoms with Crippen LogP contribution in [-0.4, -0.2) is 39.3 Å². The van der Waals surface area contributed by atoms with E-state index in [1.807, 2.05) is 30.3 Å². The van der Waals surface area contributed by atoms with Gasteiger partial charge in [-0.15, -0.1) is 0 Å². The molecule has 2 aromatic rings. The van der Waals surface area contributed by atoms with Crippen molar-refractivity contribution in [3.8, 4) is 0 Å². The Bertz CT molecular complexity index is 921. The Hall–Kier alpha value is -3.41. The second-order valence-electron chi connectivity index (χ2n) is 6.97. The second kappa shape index (κ2) is 9.19. The molecule has 1 unspecified atom stereocenters. The van der Waals surface area contributed by atoms with Crippen molar-refractivity contribution in [3.05, 3.63) is 77.4 Å². The van der Waals surface area contributed by atoms with Crippen LogP contribution in [0.2, 0.25) is 0 Å². The summed E-state index contributed by atoms with van der Waals surface area (Å²) in [7, 11) is 0. The van der Waals surface area contributed by atoms with Gasteiger partial charge in [-0.1, -0.05) is 67.1 Å². The van der Waals surface area contributed by atoms with E-state index in [1.54, 1.807) is 30.3 Å². The average molecular weight is 393 g/mol. The summed E-state index contributed by atoms with van der Waals surface area (Å²) in [6.07, 6.45) is 1.80. The monoisotopic (exact) mass is 393 g/mol. The molecule has 0 bridgehead atoms. The summed E-state index contributed by atoms with van der Waals surface area (Å²) in [6.45, 7) is 0.315. The highest BCUT2D eigenvalue weighted by Crippen LogP contribution is 2.39. The summed E-state index contributed by atoms with van der Waals surface area (Å²) in [5, 5.41) is 19.6. The maximum Gasteiger partial charge on any atom is 0.303 e. The third-order valence-corrected chi connectivity index (χ3v) is 4.99. The highest BCUT2D eigenvalue weighted by Gasteiger charge is 2.45. The van der Waals surface area contributed by atoms with E-state index < -0.39 is 23.7 Å². The van der Waals surface area contributed by atoms with E-state index in [9.17, 15) is 19.5 Å². The summed E-state index contributed by atoms with van der Waals surface area (Å²) in [4.78, 5) is 37.7. The minimum atomic E-state index is -0.849. The number of carboxylic acid groups (broad SMARTS) is 1. The Morgan fingerprint density at radius 2 is 1.48 bits per heavy atom. The molecule has 0 spiro atoms. The maximum atomic E-state index is 12.8. The van der Waals surface area contributed by atoms with E-state index in [0.29, 0.717) is 31.4 Å². The lowest BCUT2D eigenvalue weighted by Gasteiger charge is -2.25. The Morgan fingerprint density at radius 3 is 2.10 bits per heavy atom. The number of likely N-dealkylation sites (tertiary alicyclic amines) is 1. The molecule has 1 fully saturated rings. The number of aliphatic carboxylic acids is 1. The summed E-state index contributed by atoms with van der Waals surface area (Å²) < 4.78 is 0. The molecular formula is C23H23NO5. The summed E-state index contributed by atoms with van der Waals surface area (Å²) in [6, 6.07) is 17.2. The highest BCUT2D eigenvalue weighted by molar-refractivity contribution is 6.46. The summed E-state index contributed by atoms with van der Waals surface area (Å²) >= 11 is 0. The average Bonchev–Trinajstić information content (AvgIpc) is 2.99. The SMILES string of the molecule is O=C(O)CCCCCN1C(=O)C(=O)C(=C(O)c2ccccc2)C1c1ccccc1.